The normalized spacial score (nSPS) is 12.9. The van der Waals surface area contributed by atoms with Gasteiger partial charge in [-0.3, -0.25) is 4.79 Å². The van der Waals surface area contributed by atoms with Crippen LogP contribution < -0.4 is 10.1 Å². The van der Waals surface area contributed by atoms with Gasteiger partial charge in [0, 0.05) is 28.1 Å². The molecule has 1 aliphatic heterocycles. The maximum absolute atomic E-state index is 12.2. The maximum Gasteiger partial charge on any atom is 0.220 e. The van der Waals surface area contributed by atoms with E-state index in [9.17, 15) is 4.79 Å². The molecule has 1 amide bonds. The van der Waals surface area contributed by atoms with Crippen LogP contribution in [0.3, 0.4) is 0 Å². The predicted molar refractivity (Wildman–Crippen MR) is 107 cm³/mol. The Morgan fingerprint density at radius 2 is 2.04 bits per heavy atom. The van der Waals surface area contributed by atoms with Crippen LogP contribution in [0.25, 0.3) is 11.3 Å². The molecule has 7 heteroatoms. The van der Waals surface area contributed by atoms with E-state index in [1.807, 2.05) is 48.5 Å². The van der Waals surface area contributed by atoms with Crippen molar-refractivity contribution in [1.82, 2.24) is 10.5 Å². The molecule has 0 saturated heterocycles. The number of fused-ring (bicyclic) bond motifs is 1. The summed E-state index contributed by atoms with van der Waals surface area (Å²) in [6.45, 7) is 1.10. The molecule has 1 N–H and O–H groups in total. The van der Waals surface area contributed by atoms with Crippen LogP contribution in [0.2, 0.25) is 0 Å². The van der Waals surface area contributed by atoms with Crippen molar-refractivity contribution in [2.45, 2.75) is 26.0 Å². The topological polar surface area (TPSA) is 73.6 Å². The van der Waals surface area contributed by atoms with Crippen LogP contribution in [0.5, 0.6) is 5.75 Å². The number of aromatic nitrogens is 1. The molecule has 1 aromatic heterocycles. The van der Waals surface area contributed by atoms with Gasteiger partial charge in [0.15, 0.2) is 12.6 Å². The molecule has 28 heavy (non-hydrogen) atoms. The molecule has 3 aromatic rings. The Balaban J connectivity index is 1.30. The first-order chi connectivity index (χ1) is 13.7. The molecule has 2 aromatic carbocycles. The van der Waals surface area contributed by atoms with Crippen LogP contribution in [0, 0.1) is 0 Å². The number of ether oxygens (including phenoxy) is 2. The highest BCUT2D eigenvalue weighted by molar-refractivity contribution is 9.10. The van der Waals surface area contributed by atoms with E-state index in [1.165, 1.54) is 0 Å². The highest BCUT2D eigenvalue weighted by Gasteiger charge is 2.15. The van der Waals surface area contributed by atoms with E-state index in [0.29, 0.717) is 31.8 Å². The molecule has 0 saturated carbocycles. The summed E-state index contributed by atoms with van der Waals surface area (Å²) in [6.07, 6.45) is 1.01. The van der Waals surface area contributed by atoms with Gasteiger partial charge in [0.05, 0.1) is 13.2 Å². The molecule has 6 nitrogen and oxygen atoms in total. The van der Waals surface area contributed by atoms with Crippen LogP contribution >= 0.6 is 15.9 Å². The van der Waals surface area contributed by atoms with Gasteiger partial charge in [-0.2, -0.15) is 0 Å². The Kier molecular flexibility index (Phi) is 5.73. The van der Waals surface area contributed by atoms with Gasteiger partial charge in [0.25, 0.3) is 0 Å². The lowest BCUT2D eigenvalue weighted by molar-refractivity contribution is -0.121. The van der Waals surface area contributed by atoms with Crippen molar-refractivity contribution in [3.8, 4) is 17.0 Å². The summed E-state index contributed by atoms with van der Waals surface area (Å²) in [6, 6.07) is 15.5. The van der Waals surface area contributed by atoms with Crippen LogP contribution in [-0.4, -0.2) is 17.9 Å². The van der Waals surface area contributed by atoms with E-state index in [0.717, 1.165) is 32.6 Å². The second-order valence-electron chi connectivity index (χ2n) is 6.47. The van der Waals surface area contributed by atoms with E-state index < -0.39 is 0 Å². The van der Waals surface area contributed by atoms with Crippen LogP contribution in [0.1, 0.15) is 23.3 Å². The third kappa shape index (κ3) is 4.43. The second kappa shape index (κ2) is 8.58. The highest BCUT2D eigenvalue weighted by Crippen LogP contribution is 2.27. The van der Waals surface area contributed by atoms with Gasteiger partial charge in [0.1, 0.15) is 11.4 Å². The van der Waals surface area contributed by atoms with E-state index in [-0.39, 0.29) is 12.7 Å². The predicted octanol–water partition coefficient (Wildman–Crippen LogP) is 4.22. The van der Waals surface area contributed by atoms with Crippen molar-refractivity contribution in [1.29, 1.82) is 0 Å². The van der Waals surface area contributed by atoms with Crippen LogP contribution in [-0.2, 0) is 29.1 Å². The minimum atomic E-state index is -0.0446. The summed E-state index contributed by atoms with van der Waals surface area (Å²) in [5, 5.41) is 6.95. The first-order valence-corrected chi connectivity index (χ1v) is 9.78. The molecule has 0 fully saturated rings. The fraction of sp³-hybridized carbons (Fsp3) is 0.238. The van der Waals surface area contributed by atoms with E-state index >= 15 is 0 Å². The Labute approximate surface area is 171 Å². The average molecular weight is 443 g/mol. The Bertz CT molecular complexity index is 969. The Morgan fingerprint density at radius 3 is 2.89 bits per heavy atom. The fourth-order valence-electron chi connectivity index (χ4n) is 3.07. The van der Waals surface area contributed by atoms with Crippen LogP contribution in [0.4, 0.5) is 0 Å². The number of carbonyl (C=O) groups excluding carboxylic acids is 1. The van der Waals surface area contributed by atoms with Gasteiger partial charge in [-0.15, -0.1) is 0 Å². The summed E-state index contributed by atoms with van der Waals surface area (Å²) >= 11 is 3.41. The van der Waals surface area contributed by atoms with Gasteiger partial charge in [-0.05, 0) is 30.2 Å². The van der Waals surface area contributed by atoms with Gasteiger partial charge < -0.3 is 19.3 Å². The number of nitrogens with one attached hydrogen (secondary N) is 1. The number of rotatable bonds is 6. The third-order valence-electron chi connectivity index (χ3n) is 4.55. The quantitative estimate of drug-likeness (QED) is 0.618. The highest BCUT2D eigenvalue weighted by atomic mass is 79.9. The fourth-order valence-corrected chi connectivity index (χ4v) is 3.33. The van der Waals surface area contributed by atoms with E-state index in [4.69, 9.17) is 14.0 Å². The first-order valence-electron chi connectivity index (χ1n) is 8.98. The largest absolute Gasteiger partial charge is 0.467 e. The second-order valence-corrected chi connectivity index (χ2v) is 7.38. The molecule has 2 heterocycles. The third-order valence-corrected chi connectivity index (χ3v) is 5.08. The monoisotopic (exact) mass is 442 g/mol. The zero-order chi connectivity index (χ0) is 19.3. The summed E-state index contributed by atoms with van der Waals surface area (Å²) in [5.74, 6) is 1.41. The molecule has 0 aliphatic carbocycles. The molecule has 0 atom stereocenters. The summed E-state index contributed by atoms with van der Waals surface area (Å²) < 4.78 is 17.2. The molecule has 4 rings (SSSR count). The molecule has 0 bridgehead atoms. The van der Waals surface area contributed by atoms with Gasteiger partial charge in [-0.25, -0.2) is 0 Å². The van der Waals surface area contributed by atoms with Crippen molar-refractivity contribution in [3.63, 3.8) is 0 Å². The smallest absolute Gasteiger partial charge is 0.220 e. The van der Waals surface area contributed by atoms with Crippen molar-refractivity contribution in [3.05, 3.63) is 69.9 Å². The summed E-state index contributed by atoms with van der Waals surface area (Å²) in [4.78, 5) is 12.2. The number of amides is 1. The molecule has 0 spiro atoms. The number of carbonyl (C=O) groups is 1. The summed E-state index contributed by atoms with van der Waals surface area (Å²) in [7, 11) is 0. The minimum Gasteiger partial charge on any atom is -0.467 e. The van der Waals surface area contributed by atoms with Crippen molar-refractivity contribution in [2.24, 2.45) is 0 Å². The van der Waals surface area contributed by atoms with Crippen molar-refractivity contribution < 1.29 is 18.8 Å². The molecule has 0 unspecified atom stereocenters. The van der Waals surface area contributed by atoms with Crippen molar-refractivity contribution >= 4 is 21.8 Å². The number of aryl methyl sites for hydroxylation is 1. The SMILES string of the molecule is O=C(CCc1cccc2c1COCO2)NCc1cc(-c2ccc(Br)cc2)no1. The van der Waals surface area contributed by atoms with Gasteiger partial charge in [0.2, 0.25) is 5.91 Å². The lowest BCUT2D eigenvalue weighted by Gasteiger charge is -2.20. The standard InChI is InChI=1S/C21H19BrN2O4/c22-16-7-4-15(5-8-16)19-10-17(28-24-19)11-23-21(25)9-6-14-2-1-3-20-18(14)12-26-13-27-20/h1-5,7-8,10H,6,9,11-13H2,(H,23,25). The van der Waals surface area contributed by atoms with Crippen LogP contribution in [0.15, 0.2) is 57.5 Å². The number of hydrogen-bond donors (Lipinski definition) is 1. The number of hydrogen-bond acceptors (Lipinski definition) is 5. The minimum absolute atomic E-state index is 0.0446. The first kappa shape index (κ1) is 18.7. The van der Waals surface area contributed by atoms with Gasteiger partial charge in [-0.1, -0.05) is 45.4 Å². The average Bonchev–Trinajstić information content (AvgIpc) is 3.20. The molecule has 144 valence electrons. The Hall–Kier alpha value is -2.64. The Morgan fingerprint density at radius 1 is 1.18 bits per heavy atom. The lowest BCUT2D eigenvalue weighted by Crippen LogP contribution is -2.23. The van der Waals surface area contributed by atoms with Crippen molar-refractivity contribution in [2.75, 3.05) is 6.79 Å². The molecule has 0 radical (unpaired) electrons. The van der Waals surface area contributed by atoms with Gasteiger partial charge >= 0.3 is 0 Å². The number of nitrogens with zero attached hydrogens (tertiary/aromatic N) is 1. The zero-order valence-corrected chi connectivity index (χ0v) is 16.7. The lowest BCUT2D eigenvalue weighted by atomic mass is 10.0. The molecular formula is C21H19BrN2O4. The zero-order valence-electron chi connectivity index (χ0n) is 15.1. The van der Waals surface area contributed by atoms with E-state index in [1.54, 1.807) is 0 Å². The number of halogens is 1. The van der Waals surface area contributed by atoms with E-state index in [2.05, 4.69) is 26.4 Å². The summed E-state index contributed by atoms with van der Waals surface area (Å²) in [5.41, 5.74) is 3.80. The molecule has 1 aliphatic rings. The maximum atomic E-state index is 12.2. The number of benzene rings is 2. The molecular weight excluding hydrogens is 424 g/mol.